The van der Waals surface area contributed by atoms with Gasteiger partial charge in [0.05, 0.1) is 17.3 Å². The van der Waals surface area contributed by atoms with Gasteiger partial charge in [-0.25, -0.2) is 23.7 Å². The zero-order chi connectivity index (χ0) is 33.5. The van der Waals surface area contributed by atoms with Crippen LogP contribution in [-0.4, -0.2) is 59.7 Å². The van der Waals surface area contributed by atoms with Gasteiger partial charge in [0.25, 0.3) is 11.5 Å². The van der Waals surface area contributed by atoms with E-state index in [9.17, 15) is 23.3 Å². The van der Waals surface area contributed by atoms with Gasteiger partial charge in [0, 0.05) is 31.0 Å². The molecule has 0 unspecified atom stereocenters. The Labute approximate surface area is 274 Å². The van der Waals surface area contributed by atoms with Crippen LogP contribution in [0.1, 0.15) is 53.6 Å². The topological polar surface area (TPSA) is 110 Å². The van der Waals surface area contributed by atoms with Crippen LogP contribution in [0.3, 0.4) is 0 Å². The Morgan fingerprint density at radius 2 is 1.83 bits per heavy atom. The minimum Gasteiger partial charge on any atom is -0.348 e. The molecule has 246 valence electrons. The van der Waals surface area contributed by atoms with Crippen LogP contribution in [-0.2, 0) is 13.2 Å². The monoisotopic (exact) mass is 652 g/mol. The van der Waals surface area contributed by atoms with Crippen molar-refractivity contribution in [3.8, 4) is 16.8 Å². The second-order valence-corrected chi connectivity index (χ2v) is 12.6. The van der Waals surface area contributed by atoms with Gasteiger partial charge in [-0.05, 0) is 80.7 Å². The molecule has 0 bridgehead atoms. The molecule has 7 rings (SSSR count). The number of carbonyl (C=O) groups excluding carboxylic acids is 1. The van der Waals surface area contributed by atoms with Gasteiger partial charge in [-0.1, -0.05) is 40.9 Å². The predicted molar refractivity (Wildman–Crippen MR) is 177 cm³/mol. The van der Waals surface area contributed by atoms with Crippen molar-refractivity contribution in [3.63, 3.8) is 0 Å². The normalized spacial score (nSPS) is 17.6. The third-order valence-corrected chi connectivity index (χ3v) is 8.92. The van der Waals surface area contributed by atoms with E-state index in [2.05, 4.69) is 26.3 Å². The van der Waals surface area contributed by atoms with E-state index in [0.29, 0.717) is 42.3 Å². The molecule has 0 spiro atoms. The Morgan fingerprint density at radius 3 is 2.62 bits per heavy atom. The molecular formula is C35H34F2N8O3. The van der Waals surface area contributed by atoms with E-state index >= 15 is 0 Å². The van der Waals surface area contributed by atoms with Gasteiger partial charge in [0.15, 0.2) is 5.65 Å². The minimum atomic E-state index is -0.676. The predicted octanol–water partition coefficient (Wildman–Crippen LogP) is 4.65. The second kappa shape index (κ2) is 12.6. The number of halogens is 2. The summed E-state index contributed by atoms with van der Waals surface area (Å²) in [6.07, 6.45) is 7.13. The third-order valence-electron chi connectivity index (χ3n) is 8.92. The summed E-state index contributed by atoms with van der Waals surface area (Å²) in [7, 11) is 4.00. The highest BCUT2D eigenvalue weighted by atomic mass is 19.2. The molecule has 48 heavy (non-hydrogen) atoms. The quantitative estimate of drug-likeness (QED) is 0.255. The summed E-state index contributed by atoms with van der Waals surface area (Å²) >= 11 is 0. The third kappa shape index (κ3) is 5.92. The molecule has 0 atom stereocenters. The largest absolute Gasteiger partial charge is 0.348 e. The first-order valence-corrected chi connectivity index (χ1v) is 15.8. The molecule has 1 aliphatic heterocycles. The molecule has 13 heteroatoms. The van der Waals surface area contributed by atoms with Crippen molar-refractivity contribution in [3.05, 3.63) is 117 Å². The summed E-state index contributed by atoms with van der Waals surface area (Å²) in [5, 5.41) is 3.49. The molecule has 1 aliphatic carbocycles. The maximum Gasteiger partial charge on any atom is 0.337 e. The molecule has 0 radical (unpaired) electrons. The first-order valence-electron chi connectivity index (χ1n) is 15.8. The van der Waals surface area contributed by atoms with Crippen LogP contribution in [0.15, 0.2) is 82.8 Å². The molecule has 1 fully saturated rings. The zero-order valence-corrected chi connectivity index (χ0v) is 26.5. The van der Waals surface area contributed by atoms with E-state index in [1.165, 1.54) is 27.6 Å². The van der Waals surface area contributed by atoms with Crippen LogP contribution in [0, 0.1) is 5.82 Å². The lowest BCUT2D eigenvalue weighted by molar-refractivity contribution is 0.0492. The fraction of sp³-hybridized carbons (Fsp3) is 0.286. The standard InChI is InChI=1S/C35H34F2N8O3/c1-41(2)19-23-6-3-4-9-28(23)22-7-5-8-27(16-22)44-32-29(17-24(36)18-38-32)34(47)45(35(44)48)26-12-10-25(11-13-26)39-33(46)30-20-42-21-43(37)15-14-31(42)40-30/h3-9,14-18,20,25-26H,10-13,19,21H2,1-2H3,(H,39,46). The van der Waals surface area contributed by atoms with Crippen LogP contribution in [0.4, 0.5) is 8.87 Å². The van der Waals surface area contributed by atoms with Crippen molar-refractivity contribution in [1.29, 1.82) is 0 Å². The number of carbonyl (C=O) groups is 1. The van der Waals surface area contributed by atoms with Crippen molar-refractivity contribution in [2.75, 3.05) is 14.1 Å². The maximum atomic E-state index is 14.5. The van der Waals surface area contributed by atoms with E-state index in [1.807, 2.05) is 50.5 Å². The van der Waals surface area contributed by atoms with E-state index < -0.39 is 23.1 Å². The Morgan fingerprint density at radius 1 is 1.04 bits per heavy atom. The molecule has 1 N–H and O–H groups in total. The number of nitrogens with one attached hydrogen (secondary N) is 1. The van der Waals surface area contributed by atoms with Gasteiger partial charge in [-0.2, -0.15) is 5.12 Å². The lowest BCUT2D eigenvalue weighted by Crippen LogP contribution is -2.45. The van der Waals surface area contributed by atoms with Gasteiger partial charge in [0.2, 0.25) is 0 Å². The molecular weight excluding hydrogens is 618 g/mol. The number of amides is 1. The summed E-state index contributed by atoms with van der Waals surface area (Å²) in [6, 6.07) is 16.0. The summed E-state index contributed by atoms with van der Waals surface area (Å²) in [5.74, 6) is -0.568. The number of benzene rings is 2. The van der Waals surface area contributed by atoms with Gasteiger partial charge < -0.3 is 14.8 Å². The fourth-order valence-corrected chi connectivity index (χ4v) is 6.69. The highest BCUT2D eigenvalue weighted by Crippen LogP contribution is 2.29. The lowest BCUT2D eigenvalue weighted by Gasteiger charge is -2.30. The van der Waals surface area contributed by atoms with Gasteiger partial charge in [0.1, 0.15) is 24.0 Å². The Bertz CT molecular complexity index is 2180. The second-order valence-electron chi connectivity index (χ2n) is 12.6. The van der Waals surface area contributed by atoms with Crippen LogP contribution in [0.5, 0.6) is 0 Å². The number of hydrogen-bond acceptors (Lipinski definition) is 7. The first kappa shape index (κ1) is 31.2. The van der Waals surface area contributed by atoms with Crippen LogP contribution in [0.2, 0.25) is 0 Å². The fourth-order valence-electron chi connectivity index (χ4n) is 6.69. The lowest BCUT2D eigenvalue weighted by atomic mass is 9.90. The van der Waals surface area contributed by atoms with E-state index in [4.69, 9.17) is 0 Å². The minimum absolute atomic E-state index is 0.00748. The molecule has 11 nitrogen and oxygen atoms in total. The maximum absolute atomic E-state index is 14.5. The summed E-state index contributed by atoms with van der Waals surface area (Å²) in [6.45, 7) is 0.667. The van der Waals surface area contributed by atoms with Gasteiger partial charge in [-0.3, -0.25) is 14.2 Å². The Kier molecular flexibility index (Phi) is 8.21. The van der Waals surface area contributed by atoms with Crippen molar-refractivity contribution >= 4 is 23.0 Å². The Balaban J connectivity index is 1.19. The van der Waals surface area contributed by atoms with Crippen LogP contribution >= 0.6 is 0 Å². The van der Waals surface area contributed by atoms with Crippen molar-refractivity contribution in [1.82, 2.24) is 39.0 Å². The number of imidazole rings is 1. The van der Waals surface area contributed by atoms with Crippen molar-refractivity contribution in [2.45, 2.75) is 51.0 Å². The molecule has 2 aliphatic rings. The van der Waals surface area contributed by atoms with E-state index in [-0.39, 0.29) is 35.3 Å². The SMILES string of the molecule is CN(C)Cc1ccccc1-c1cccc(-n2c(=O)n(C3CCC(NC(=O)c4cn5c(n4)C=CN(F)C5)CC3)c(=O)c3cc(F)cnc32)c1. The average Bonchev–Trinajstić information content (AvgIpc) is 3.50. The van der Waals surface area contributed by atoms with Gasteiger partial charge in [-0.15, -0.1) is 0 Å². The molecule has 0 saturated heterocycles. The number of nitrogens with zero attached hydrogens (tertiary/aromatic N) is 7. The van der Waals surface area contributed by atoms with E-state index in [0.717, 1.165) is 35.5 Å². The number of aromatic nitrogens is 5. The molecule has 1 amide bonds. The van der Waals surface area contributed by atoms with Crippen LogP contribution in [0.25, 0.3) is 33.9 Å². The first-order chi connectivity index (χ1) is 23.2. The van der Waals surface area contributed by atoms with E-state index in [1.54, 1.807) is 10.6 Å². The number of fused-ring (bicyclic) bond motifs is 2. The van der Waals surface area contributed by atoms with Crippen molar-refractivity contribution in [2.24, 2.45) is 0 Å². The summed E-state index contributed by atoms with van der Waals surface area (Å²) < 4.78 is 32.2. The molecule has 5 aromatic rings. The Hall–Kier alpha value is -5.43. The van der Waals surface area contributed by atoms with Crippen molar-refractivity contribution < 1.29 is 13.7 Å². The molecule has 1 saturated carbocycles. The molecule has 4 heterocycles. The number of hydrogen-bond donors (Lipinski definition) is 1. The number of pyridine rings is 1. The highest BCUT2D eigenvalue weighted by Gasteiger charge is 2.29. The van der Waals surface area contributed by atoms with Gasteiger partial charge >= 0.3 is 5.69 Å². The smallest absolute Gasteiger partial charge is 0.337 e. The summed E-state index contributed by atoms with van der Waals surface area (Å²) in [5.41, 5.74) is 2.62. The number of rotatable bonds is 7. The highest BCUT2D eigenvalue weighted by molar-refractivity contribution is 5.92. The molecule has 3 aromatic heterocycles. The zero-order valence-electron chi connectivity index (χ0n) is 26.5. The molecule has 2 aromatic carbocycles. The summed E-state index contributed by atoms with van der Waals surface area (Å²) in [4.78, 5) is 51.7. The van der Waals surface area contributed by atoms with Crippen LogP contribution < -0.4 is 16.6 Å². The average molecular weight is 653 g/mol.